The van der Waals surface area contributed by atoms with E-state index in [0.717, 1.165) is 22.5 Å². The maximum absolute atomic E-state index is 13.2. The first-order valence-electron chi connectivity index (χ1n) is 10.0. The van der Waals surface area contributed by atoms with Crippen molar-refractivity contribution >= 4 is 5.91 Å². The summed E-state index contributed by atoms with van der Waals surface area (Å²) in [7, 11) is 0. The molecule has 1 N–H and O–H groups in total. The topological polar surface area (TPSA) is 73.0 Å². The number of rotatable bonds is 6. The van der Waals surface area contributed by atoms with Gasteiger partial charge in [0.15, 0.2) is 0 Å². The lowest BCUT2D eigenvalue weighted by Crippen LogP contribution is -2.30. The van der Waals surface area contributed by atoms with E-state index in [4.69, 9.17) is 4.42 Å². The summed E-state index contributed by atoms with van der Waals surface area (Å²) in [6.45, 7) is 6.00. The monoisotopic (exact) mass is 418 g/mol. The second kappa shape index (κ2) is 8.55. The van der Waals surface area contributed by atoms with Crippen LogP contribution >= 0.6 is 0 Å². The average Bonchev–Trinajstić information content (AvgIpc) is 3.35. The Bertz CT molecular complexity index is 1200. The van der Waals surface area contributed by atoms with Crippen molar-refractivity contribution in [2.45, 2.75) is 33.4 Å². The highest BCUT2D eigenvalue weighted by Crippen LogP contribution is 2.28. The average molecular weight is 418 g/mol. The van der Waals surface area contributed by atoms with Gasteiger partial charge in [0.1, 0.15) is 12.4 Å². The zero-order valence-corrected chi connectivity index (χ0v) is 17.6. The van der Waals surface area contributed by atoms with Gasteiger partial charge < -0.3 is 14.3 Å². The van der Waals surface area contributed by atoms with Crippen LogP contribution in [0.4, 0.5) is 4.39 Å². The van der Waals surface area contributed by atoms with E-state index >= 15 is 0 Å². The molecule has 31 heavy (non-hydrogen) atoms. The van der Waals surface area contributed by atoms with Gasteiger partial charge in [-0.05, 0) is 56.7 Å². The predicted octanol–water partition coefficient (Wildman–Crippen LogP) is 4.84. The van der Waals surface area contributed by atoms with E-state index in [0.29, 0.717) is 17.3 Å². The van der Waals surface area contributed by atoms with Crippen LogP contribution in [0.2, 0.25) is 0 Å². The summed E-state index contributed by atoms with van der Waals surface area (Å²) in [6.07, 6.45) is 0. The largest absolute Gasteiger partial charge is 0.416 e. The molecular weight excluding hydrogens is 395 g/mol. The molecular formula is C24H23FN4O2. The molecule has 158 valence electrons. The van der Waals surface area contributed by atoms with Crippen LogP contribution in [-0.2, 0) is 11.3 Å². The number of hydrogen-bond acceptors (Lipinski definition) is 4. The lowest BCUT2D eigenvalue weighted by Gasteiger charge is -2.16. The third-order valence-corrected chi connectivity index (χ3v) is 5.30. The second-order valence-electron chi connectivity index (χ2n) is 7.49. The van der Waals surface area contributed by atoms with Crippen molar-refractivity contribution in [3.63, 3.8) is 0 Å². The van der Waals surface area contributed by atoms with Gasteiger partial charge >= 0.3 is 0 Å². The Morgan fingerprint density at radius 3 is 2.45 bits per heavy atom. The van der Waals surface area contributed by atoms with E-state index in [1.807, 2.05) is 61.7 Å². The number of halogens is 1. The zero-order valence-electron chi connectivity index (χ0n) is 17.6. The number of carbonyl (C=O) groups excluding carboxylic acids is 1. The van der Waals surface area contributed by atoms with Crippen LogP contribution in [0.15, 0.2) is 65.1 Å². The molecule has 7 heteroatoms. The molecule has 2 aromatic carbocycles. The van der Waals surface area contributed by atoms with Crippen LogP contribution in [-0.4, -0.2) is 20.7 Å². The van der Waals surface area contributed by atoms with E-state index in [2.05, 4.69) is 15.5 Å². The number of hydrogen-bond donors (Lipinski definition) is 1. The Hall–Kier alpha value is -3.74. The second-order valence-corrected chi connectivity index (χ2v) is 7.49. The molecule has 4 aromatic rings. The highest BCUT2D eigenvalue weighted by Gasteiger charge is 2.19. The molecule has 1 atom stereocenters. The summed E-state index contributed by atoms with van der Waals surface area (Å²) in [6, 6.07) is 17.6. The maximum atomic E-state index is 13.2. The number of carbonyl (C=O) groups is 1. The summed E-state index contributed by atoms with van der Waals surface area (Å²) in [5, 5.41) is 11.3. The standard InChI is InChI=1S/C24H23FN4O2/c1-15-13-21(24-28-27-23(31-24)19-9-11-20(25)12-10-19)17(3)29(15)14-22(30)26-16(2)18-7-5-4-6-8-18/h4-13,16H,14H2,1-3H3,(H,26,30)/t16-/m0/s1. The smallest absolute Gasteiger partial charge is 0.249 e. The van der Waals surface area contributed by atoms with Crippen molar-refractivity contribution in [2.75, 3.05) is 0 Å². The molecule has 0 saturated heterocycles. The summed E-state index contributed by atoms with van der Waals surface area (Å²) < 4.78 is 20.9. The molecule has 0 aliphatic rings. The minimum atomic E-state index is -0.327. The lowest BCUT2D eigenvalue weighted by molar-refractivity contribution is -0.122. The fourth-order valence-corrected chi connectivity index (χ4v) is 3.56. The number of nitrogens with zero attached hydrogens (tertiary/aromatic N) is 3. The molecule has 0 fully saturated rings. The van der Waals surface area contributed by atoms with Crippen molar-refractivity contribution in [1.29, 1.82) is 0 Å². The third-order valence-electron chi connectivity index (χ3n) is 5.30. The van der Waals surface area contributed by atoms with Crippen LogP contribution in [0, 0.1) is 19.7 Å². The zero-order chi connectivity index (χ0) is 22.0. The summed E-state index contributed by atoms with van der Waals surface area (Å²) >= 11 is 0. The highest BCUT2D eigenvalue weighted by molar-refractivity contribution is 5.77. The van der Waals surface area contributed by atoms with Crippen LogP contribution in [0.5, 0.6) is 0 Å². The van der Waals surface area contributed by atoms with Crippen LogP contribution in [0.3, 0.4) is 0 Å². The summed E-state index contributed by atoms with van der Waals surface area (Å²) in [5.74, 6) is 0.264. The molecule has 6 nitrogen and oxygen atoms in total. The Labute approximate surface area is 179 Å². The van der Waals surface area contributed by atoms with Gasteiger partial charge in [-0.1, -0.05) is 30.3 Å². The number of benzene rings is 2. The van der Waals surface area contributed by atoms with Gasteiger partial charge in [-0.3, -0.25) is 4.79 Å². The molecule has 2 heterocycles. The van der Waals surface area contributed by atoms with E-state index in [-0.39, 0.29) is 24.3 Å². The Balaban J connectivity index is 1.51. The fraction of sp³-hybridized carbons (Fsp3) is 0.208. The highest BCUT2D eigenvalue weighted by atomic mass is 19.1. The van der Waals surface area contributed by atoms with E-state index in [1.54, 1.807) is 12.1 Å². The molecule has 1 amide bonds. The van der Waals surface area contributed by atoms with Crippen molar-refractivity contribution in [3.8, 4) is 22.9 Å². The van der Waals surface area contributed by atoms with Gasteiger partial charge in [-0.2, -0.15) is 0 Å². The molecule has 0 aliphatic carbocycles. The normalized spacial score (nSPS) is 12.0. The predicted molar refractivity (Wildman–Crippen MR) is 116 cm³/mol. The molecule has 0 aliphatic heterocycles. The van der Waals surface area contributed by atoms with E-state index in [1.165, 1.54) is 12.1 Å². The van der Waals surface area contributed by atoms with Gasteiger partial charge in [0.25, 0.3) is 0 Å². The summed E-state index contributed by atoms with van der Waals surface area (Å²) in [5.41, 5.74) is 4.23. The third kappa shape index (κ3) is 4.40. The fourth-order valence-electron chi connectivity index (χ4n) is 3.56. The molecule has 0 spiro atoms. The molecule has 2 aromatic heterocycles. The minimum Gasteiger partial charge on any atom is -0.416 e. The number of amides is 1. The number of aromatic nitrogens is 3. The first-order valence-corrected chi connectivity index (χ1v) is 10.0. The van der Waals surface area contributed by atoms with E-state index < -0.39 is 0 Å². The minimum absolute atomic E-state index is 0.0813. The lowest BCUT2D eigenvalue weighted by atomic mass is 10.1. The van der Waals surface area contributed by atoms with Crippen molar-refractivity contribution < 1.29 is 13.6 Å². The molecule has 0 saturated carbocycles. The molecule has 0 unspecified atom stereocenters. The quantitative estimate of drug-likeness (QED) is 0.486. The Morgan fingerprint density at radius 1 is 1.06 bits per heavy atom. The van der Waals surface area contributed by atoms with Crippen molar-refractivity contribution in [1.82, 2.24) is 20.1 Å². The Morgan fingerprint density at radius 2 is 1.74 bits per heavy atom. The van der Waals surface area contributed by atoms with Gasteiger partial charge in [-0.25, -0.2) is 4.39 Å². The van der Waals surface area contributed by atoms with Crippen LogP contribution in [0.25, 0.3) is 22.9 Å². The molecule has 4 rings (SSSR count). The van der Waals surface area contributed by atoms with Gasteiger partial charge in [-0.15, -0.1) is 10.2 Å². The molecule has 0 bridgehead atoms. The SMILES string of the molecule is Cc1cc(-c2nnc(-c3ccc(F)cc3)o2)c(C)n1CC(=O)N[C@@H](C)c1ccccc1. The van der Waals surface area contributed by atoms with Crippen LogP contribution in [0.1, 0.15) is 29.9 Å². The first kappa shape index (κ1) is 20.5. The van der Waals surface area contributed by atoms with Gasteiger partial charge in [0, 0.05) is 17.0 Å². The van der Waals surface area contributed by atoms with Crippen molar-refractivity contribution in [2.24, 2.45) is 0 Å². The first-order chi connectivity index (χ1) is 14.9. The number of aryl methyl sites for hydroxylation is 1. The summed E-state index contributed by atoms with van der Waals surface area (Å²) in [4.78, 5) is 12.6. The van der Waals surface area contributed by atoms with Crippen LogP contribution < -0.4 is 5.32 Å². The maximum Gasteiger partial charge on any atom is 0.249 e. The van der Waals surface area contributed by atoms with Gasteiger partial charge in [0.05, 0.1) is 11.6 Å². The van der Waals surface area contributed by atoms with Crippen molar-refractivity contribution in [3.05, 3.63) is 83.4 Å². The van der Waals surface area contributed by atoms with E-state index in [9.17, 15) is 9.18 Å². The Kier molecular flexibility index (Phi) is 5.66. The molecule has 0 radical (unpaired) electrons. The van der Waals surface area contributed by atoms with Gasteiger partial charge in [0.2, 0.25) is 17.7 Å². The number of nitrogens with one attached hydrogen (secondary N) is 1.